The van der Waals surface area contributed by atoms with Crippen LogP contribution in [-0.4, -0.2) is 124 Å². The average Bonchev–Trinajstić information content (AvgIpc) is 2.69. The van der Waals surface area contributed by atoms with Crippen LogP contribution in [0.5, 0.6) is 0 Å². The average molecular weight is 427 g/mol. The highest BCUT2D eigenvalue weighted by molar-refractivity contribution is 4.79. The van der Waals surface area contributed by atoms with Gasteiger partial charge < -0.3 is 25.3 Å². The van der Waals surface area contributed by atoms with Crippen molar-refractivity contribution in [3.05, 3.63) is 0 Å². The van der Waals surface area contributed by atoms with Crippen molar-refractivity contribution in [3.8, 4) is 0 Å². The molecule has 3 rings (SSSR count). The molecule has 0 aromatic heterocycles. The van der Waals surface area contributed by atoms with Gasteiger partial charge in [-0.05, 0) is 46.8 Å². The molecule has 6 heteroatoms. The fourth-order valence-electron chi connectivity index (χ4n) is 4.29. The minimum Gasteiger partial charge on any atom is -0.314 e. The zero-order valence-corrected chi connectivity index (χ0v) is 21.7. The van der Waals surface area contributed by atoms with E-state index in [4.69, 9.17) is 0 Å². The molecule has 180 valence electrons. The molecule has 3 saturated heterocycles. The first-order valence-corrected chi connectivity index (χ1v) is 12.4. The molecule has 0 aromatic carbocycles. The lowest BCUT2D eigenvalue weighted by molar-refractivity contribution is 0.126. The van der Waals surface area contributed by atoms with Crippen molar-refractivity contribution in [1.82, 2.24) is 30.2 Å². The van der Waals surface area contributed by atoms with E-state index < -0.39 is 0 Å². The molecule has 0 spiro atoms. The Labute approximate surface area is 188 Å². The molecule has 2 atom stereocenters. The molecular weight excluding hydrogens is 372 g/mol. The van der Waals surface area contributed by atoms with E-state index in [1.165, 1.54) is 45.8 Å². The number of piperazine rings is 3. The van der Waals surface area contributed by atoms with Crippen molar-refractivity contribution >= 4 is 0 Å². The van der Waals surface area contributed by atoms with E-state index in [1.54, 1.807) is 0 Å². The lowest BCUT2D eigenvalue weighted by Gasteiger charge is -2.35. The number of nitrogens with zero attached hydrogens (tertiary/aromatic N) is 4. The van der Waals surface area contributed by atoms with Crippen LogP contribution in [0.3, 0.4) is 0 Å². The molecule has 3 heterocycles. The van der Waals surface area contributed by atoms with Crippen molar-refractivity contribution < 1.29 is 0 Å². The van der Waals surface area contributed by atoms with Crippen LogP contribution < -0.4 is 10.6 Å². The smallest absolute Gasteiger partial charge is 0.0241 e. The van der Waals surface area contributed by atoms with Crippen LogP contribution in [0.4, 0.5) is 0 Å². The number of hydrogen-bond donors (Lipinski definition) is 2. The van der Waals surface area contributed by atoms with Gasteiger partial charge in [0.2, 0.25) is 0 Å². The Morgan fingerprint density at radius 2 is 1.33 bits per heavy atom. The highest BCUT2D eigenvalue weighted by Gasteiger charge is 2.21. The van der Waals surface area contributed by atoms with Gasteiger partial charge >= 0.3 is 0 Å². The van der Waals surface area contributed by atoms with Crippen LogP contribution in [-0.2, 0) is 0 Å². The van der Waals surface area contributed by atoms with Gasteiger partial charge in [0.1, 0.15) is 0 Å². The summed E-state index contributed by atoms with van der Waals surface area (Å²) in [6, 6.07) is 2.18. The maximum absolute atomic E-state index is 3.51. The zero-order valence-electron chi connectivity index (χ0n) is 21.7. The third kappa shape index (κ3) is 10.9. The van der Waals surface area contributed by atoms with Crippen LogP contribution in [0.1, 0.15) is 41.5 Å². The summed E-state index contributed by atoms with van der Waals surface area (Å²) in [7, 11) is 6.60. The quantitative estimate of drug-likeness (QED) is 0.716. The van der Waals surface area contributed by atoms with E-state index in [1.807, 2.05) is 0 Å². The second kappa shape index (κ2) is 14.8. The van der Waals surface area contributed by atoms with Crippen LogP contribution in [0.25, 0.3) is 0 Å². The standard InChI is InChI=1S/3C8H18N2/c1-8(2)10-6-4-9(3)5-7-10;1-7(2)8-6-10(3)5-4-9-8;1-7(2)8-6-9-4-5-10(8)3/h8H,4-7H2,1-3H3;2*7-9H,4-6H2,1-3H3. The summed E-state index contributed by atoms with van der Waals surface area (Å²) in [6.07, 6.45) is 0. The minimum absolute atomic E-state index is 0.707. The molecule has 2 unspecified atom stereocenters. The van der Waals surface area contributed by atoms with E-state index in [-0.39, 0.29) is 0 Å². The van der Waals surface area contributed by atoms with Gasteiger partial charge in [0.25, 0.3) is 0 Å². The van der Waals surface area contributed by atoms with E-state index >= 15 is 0 Å². The van der Waals surface area contributed by atoms with Gasteiger partial charge in [0.05, 0.1) is 0 Å². The van der Waals surface area contributed by atoms with Gasteiger partial charge in [-0.2, -0.15) is 0 Å². The summed E-state index contributed by atoms with van der Waals surface area (Å²) in [5, 5.41) is 6.91. The molecule has 0 radical (unpaired) electrons. The fourth-order valence-corrected chi connectivity index (χ4v) is 4.29. The second-order valence-electron chi connectivity index (χ2n) is 10.5. The van der Waals surface area contributed by atoms with Crippen LogP contribution in [0.2, 0.25) is 0 Å². The highest BCUT2D eigenvalue weighted by Crippen LogP contribution is 2.09. The van der Waals surface area contributed by atoms with E-state index in [9.17, 15) is 0 Å². The van der Waals surface area contributed by atoms with Gasteiger partial charge in [0, 0.05) is 83.6 Å². The lowest BCUT2D eigenvalue weighted by Crippen LogP contribution is -2.51. The Morgan fingerprint density at radius 3 is 1.73 bits per heavy atom. The fraction of sp³-hybridized carbons (Fsp3) is 1.00. The minimum atomic E-state index is 0.707. The number of hydrogen-bond acceptors (Lipinski definition) is 6. The van der Waals surface area contributed by atoms with Gasteiger partial charge in [-0.15, -0.1) is 0 Å². The maximum atomic E-state index is 3.51. The first kappa shape index (κ1) is 27.8. The van der Waals surface area contributed by atoms with Crippen molar-refractivity contribution in [1.29, 1.82) is 0 Å². The molecule has 0 amide bonds. The number of nitrogens with one attached hydrogen (secondary N) is 2. The first-order chi connectivity index (χ1) is 14.1. The van der Waals surface area contributed by atoms with Crippen molar-refractivity contribution in [2.45, 2.75) is 59.7 Å². The Kier molecular flexibility index (Phi) is 13.7. The predicted molar refractivity (Wildman–Crippen MR) is 132 cm³/mol. The second-order valence-corrected chi connectivity index (χ2v) is 10.5. The topological polar surface area (TPSA) is 37.0 Å². The van der Waals surface area contributed by atoms with E-state index in [2.05, 4.69) is 92.9 Å². The highest BCUT2D eigenvalue weighted by atomic mass is 15.3. The molecule has 0 aromatic rings. The Bertz CT molecular complexity index is 420. The molecule has 0 bridgehead atoms. The zero-order chi connectivity index (χ0) is 22.7. The Morgan fingerprint density at radius 1 is 0.700 bits per heavy atom. The lowest BCUT2D eigenvalue weighted by atomic mass is 10.0. The summed E-state index contributed by atoms with van der Waals surface area (Å²) in [6.45, 7) is 25.7. The van der Waals surface area contributed by atoms with Crippen LogP contribution >= 0.6 is 0 Å². The van der Waals surface area contributed by atoms with Crippen molar-refractivity contribution in [2.75, 3.05) is 86.6 Å². The summed E-state index contributed by atoms with van der Waals surface area (Å²) < 4.78 is 0. The monoisotopic (exact) mass is 426 g/mol. The molecule has 30 heavy (non-hydrogen) atoms. The van der Waals surface area contributed by atoms with Gasteiger partial charge in [0.15, 0.2) is 0 Å². The summed E-state index contributed by atoms with van der Waals surface area (Å²) in [5.41, 5.74) is 0. The molecule has 2 N–H and O–H groups in total. The Balaban J connectivity index is 0.000000225. The molecule has 3 fully saturated rings. The van der Waals surface area contributed by atoms with Gasteiger partial charge in [-0.3, -0.25) is 4.90 Å². The number of likely N-dealkylation sites (N-methyl/N-ethyl adjacent to an activating group) is 3. The van der Waals surface area contributed by atoms with Gasteiger partial charge in [-0.25, -0.2) is 0 Å². The molecule has 0 aliphatic carbocycles. The summed E-state index contributed by atoms with van der Waals surface area (Å²) >= 11 is 0. The van der Waals surface area contributed by atoms with Crippen molar-refractivity contribution in [3.63, 3.8) is 0 Å². The van der Waals surface area contributed by atoms with Gasteiger partial charge in [-0.1, -0.05) is 27.7 Å². The summed E-state index contributed by atoms with van der Waals surface area (Å²) in [5.74, 6) is 1.54. The van der Waals surface area contributed by atoms with Crippen LogP contribution in [0, 0.1) is 11.8 Å². The van der Waals surface area contributed by atoms with E-state index in [0.29, 0.717) is 6.04 Å². The first-order valence-electron chi connectivity index (χ1n) is 12.4. The Hall–Kier alpha value is -0.240. The third-order valence-electron chi connectivity index (χ3n) is 6.81. The predicted octanol–water partition coefficient (Wildman–Crippen LogP) is 1.73. The molecule has 3 aliphatic heterocycles. The van der Waals surface area contributed by atoms with Crippen molar-refractivity contribution in [2.24, 2.45) is 11.8 Å². The largest absolute Gasteiger partial charge is 0.314 e. The molecule has 6 nitrogen and oxygen atoms in total. The summed E-state index contributed by atoms with van der Waals surface area (Å²) in [4.78, 5) is 9.75. The molecule has 3 aliphatic rings. The third-order valence-corrected chi connectivity index (χ3v) is 6.81. The number of rotatable bonds is 3. The maximum Gasteiger partial charge on any atom is 0.0241 e. The normalized spacial score (nSPS) is 27.6. The molecular formula is C24H54N6. The van der Waals surface area contributed by atoms with E-state index in [0.717, 1.165) is 43.6 Å². The van der Waals surface area contributed by atoms with Crippen LogP contribution in [0.15, 0.2) is 0 Å². The SMILES string of the molecule is CC(C)C1CN(C)CCN1.CC(C)C1CNCCN1C.CC(C)N1CCN(C)CC1. The molecule has 0 saturated carbocycles.